The molecule has 150 valence electrons. The summed E-state index contributed by atoms with van der Waals surface area (Å²) in [5.41, 5.74) is -5.91. The monoisotopic (exact) mass is 370 g/mol. The van der Waals surface area contributed by atoms with Gasteiger partial charge in [-0.3, -0.25) is 0 Å². The summed E-state index contributed by atoms with van der Waals surface area (Å²) in [6.07, 6.45) is -1.01. The minimum atomic E-state index is -1.66. The molecule has 2 bridgehead atoms. The van der Waals surface area contributed by atoms with E-state index in [1.165, 1.54) is 0 Å². The van der Waals surface area contributed by atoms with Gasteiger partial charge in [0, 0.05) is 22.7 Å². The number of aliphatic hydroxyl groups excluding tert-OH is 3. The maximum Gasteiger partial charge on any atom is 0.104 e. The summed E-state index contributed by atoms with van der Waals surface area (Å²) in [5, 5.41) is 67.1. The van der Waals surface area contributed by atoms with Crippen molar-refractivity contribution in [1.82, 2.24) is 0 Å². The highest BCUT2D eigenvalue weighted by Crippen LogP contribution is 2.69. The van der Waals surface area contributed by atoms with Gasteiger partial charge in [-0.05, 0) is 51.9 Å². The van der Waals surface area contributed by atoms with Crippen molar-refractivity contribution >= 4 is 0 Å². The minimum Gasteiger partial charge on any atom is -0.392 e. The highest BCUT2D eigenvalue weighted by molar-refractivity contribution is 5.25. The van der Waals surface area contributed by atoms with Gasteiger partial charge in [-0.1, -0.05) is 13.8 Å². The number of aliphatic hydroxyl groups is 6. The molecule has 0 aromatic rings. The number of rotatable bonds is 0. The second-order valence-corrected chi connectivity index (χ2v) is 10.7. The van der Waals surface area contributed by atoms with Crippen molar-refractivity contribution in [3.8, 4) is 0 Å². The second-order valence-electron chi connectivity index (χ2n) is 10.7. The summed E-state index contributed by atoms with van der Waals surface area (Å²) in [6.45, 7) is 6.87. The van der Waals surface area contributed by atoms with E-state index in [0.717, 1.165) is 0 Å². The first-order chi connectivity index (χ1) is 11.7. The maximum atomic E-state index is 11.7. The Balaban J connectivity index is 1.89. The lowest BCUT2D eigenvalue weighted by Crippen LogP contribution is -2.60. The van der Waals surface area contributed by atoms with Crippen molar-refractivity contribution in [1.29, 1.82) is 0 Å². The van der Waals surface area contributed by atoms with Crippen molar-refractivity contribution in [2.45, 2.75) is 94.9 Å². The number of fused-ring (bicyclic) bond motifs is 2. The predicted octanol–water partition coefficient (Wildman–Crippen LogP) is 0.168. The fourth-order valence-electron chi connectivity index (χ4n) is 7.80. The van der Waals surface area contributed by atoms with Gasteiger partial charge < -0.3 is 30.6 Å². The highest BCUT2D eigenvalue weighted by Gasteiger charge is 2.76. The Morgan fingerprint density at radius 2 is 1.42 bits per heavy atom. The van der Waals surface area contributed by atoms with Crippen LogP contribution in [0.25, 0.3) is 0 Å². The summed E-state index contributed by atoms with van der Waals surface area (Å²) in [7, 11) is 0. The van der Waals surface area contributed by atoms with Crippen LogP contribution in [0.4, 0.5) is 0 Å². The van der Waals surface area contributed by atoms with Gasteiger partial charge in [-0.25, -0.2) is 0 Å². The van der Waals surface area contributed by atoms with Gasteiger partial charge in [0.15, 0.2) is 0 Å². The van der Waals surface area contributed by atoms with Crippen LogP contribution in [0, 0.1) is 28.6 Å². The topological polar surface area (TPSA) is 121 Å². The zero-order valence-corrected chi connectivity index (χ0v) is 16.2. The Hall–Kier alpha value is -0.240. The number of hydrogen-bond donors (Lipinski definition) is 6. The molecule has 4 aliphatic rings. The van der Waals surface area contributed by atoms with Gasteiger partial charge in [0.05, 0.1) is 29.5 Å². The van der Waals surface area contributed by atoms with Gasteiger partial charge in [-0.2, -0.15) is 0 Å². The molecule has 1 spiro atoms. The van der Waals surface area contributed by atoms with E-state index in [-0.39, 0.29) is 24.7 Å². The van der Waals surface area contributed by atoms with E-state index in [1.807, 2.05) is 0 Å². The lowest BCUT2D eigenvalue weighted by molar-refractivity contribution is -0.201. The molecule has 4 saturated carbocycles. The van der Waals surface area contributed by atoms with Crippen molar-refractivity contribution in [3.05, 3.63) is 0 Å². The molecule has 0 saturated heterocycles. The van der Waals surface area contributed by atoms with Crippen LogP contribution in [0.5, 0.6) is 0 Å². The summed E-state index contributed by atoms with van der Waals surface area (Å²) in [6, 6.07) is 0. The molecule has 0 aliphatic heterocycles. The van der Waals surface area contributed by atoms with Gasteiger partial charge in [0.1, 0.15) is 5.60 Å². The van der Waals surface area contributed by atoms with Crippen LogP contribution >= 0.6 is 0 Å². The van der Waals surface area contributed by atoms with Crippen LogP contribution in [0.15, 0.2) is 0 Å². The van der Waals surface area contributed by atoms with E-state index in [9.17, 15) is 30.6 Å². The highest BCUT2D eigenvalue weighted by atomic mass is 16.4. The molecule has 0 aromatic heterocycles. The van der Waals surface area contributed by atoms with Crippen LogP contribution in [-0.2, 0) is 0 Å². The molecule has 0 amide bonds. The smallest absolute Gasteiger partial charge is 0.104 e. The summed E-state index contributed by atoms with van der Waals surface area (Å²) >= 11 is 0. The normalized spacial score (nSPS) is 63.9. The van der Waals surface area contributed by atoms with E-state index in [1.54, 1.807) is 27.7 Å². The molecular weight excluding hydrogens is 336 g/mol. The third-order valence-electron chi connectivity index (χ3n) is 9.26. The van der Waals surface area contributed by atoms with E-state index >= 15 is 0 Å². The molecule has 10 atom stereocenters. The fourth-order valence-corrected chi connectivity index (χ4v) is 7.80. The quantitative estimate of drug-likeness (QED) is 0.361. The van der Waals surface area contributed by atoms with Crippen LogP contribution < -0.4 is 0 Å². The molecule has 0 aromatic carbocycles. The van der Waals surface area contributed by atoms with Gasteiger partial charge >= 0.3 is 0 Å². The Bertz CT molecular complexity index is 615. The summed E-state index contributed by atoms with van der Waals surface area (Å²) < 4.78 is 0. The van der Waals surface area contributed by atoms with Crippen molar-refractivity contribution in [3.63, 3.8) is 0 Å². The van der Waals surface area contributed by atoms with Gasteiger partial charge in [0.25, 0.3) is 0 Å². The van der Waals surface area contributed by atoms with Crippen molar-refractivity contribution < 1.29 is 30.6 Å². The zero-order chi connectivity index (χ0) is 19.5. The number of hydrogen-bond acceptors (Lipinski definition) is 6. The van der Waals surface area contributed by atoms with Crippen molar-refractivity contribution in [2.75, 3.05) is 0 Å². The van der Waals surface area contributed by atoms with Gasteiger partial charge in [0.2, 0.25) is 0 Å². The largest absolute Gasteiger partial charge is 0.392 e. The molecule has 4 fully saturated rings. The molecule has 4 aliphatic carbocycles. The molecular formula is C20H34O6. The van der Waals surface area contributed by atoms with Crippen LogP contribution in [-0.4, -0.2) is 65.8 Å². The van der Waals surface area contributed by atoms with E-state index in [4.69, 9.17) is 0 Å². The lowest BCUT2D eigenvalue weighted by Gasteiger charge is -2.51. The average Bonchev–Trinajstić information content (AvgIpc) is 2.72. The fraction of sp³-hybridized carbons (Fsp3) is 1.00. The summed E-state index contributed by atoms with van der Waals surface area (Å²) in [5.74, 6) is -1.34. The SMILES string of the molecule is CC1(C)[C@@H](O)C[C@H]2[C@](C)(O)[C@@H]3CCC4C(O)[C@@]3(C[C@H](O)[C@@]21O)C[C@@]4(C)O. The Labute approximate surface area is 154 Å². The Kier molecular flexibility index (Phi) is 3.69. The molecule has 6 nitrogen and oxygen atoms in total. The first-order valence-corrected chi connectivity index (χ1v) is 9.94. The Morgan fingerprint density at radius 3 is 2.04 bits per heavy atom. The summed E-state index contributed by atoms with van der Waals surface area (Å²) in [4.78, 5) is 0. The van der Waals surface area contributed by atoms with Crippen LogP contribution in [0.2, 0.25) is 0 Å². The van der Waals surface area contributed by atoms with E-state index in [2.05, 4.69) is 0 Å². The molecule has 26 heavy (non-hydrogen) atoms. The molecule has 0 heterocycles. The second kappa shape index (κ2) is 5.02. The first kappa shape index (κ1) is 19.1. The Morgan fingerprint density at radius 1 is 0.808 bits per heavy atom. The molecule has 6 heteroatoms. The zero-order valence-electron chi connectivity index (χ0n) is 16.2. The minimum absolute atomic E-state index is 0.116. The standard InChI is InChI=1S/C20H34O6/c1-16(2)13(21)7-12-18(4,25)11-6-5-10-15(23)19(11,9-17(10,3)24)8-14(22)20(12,16)26/h10-15,21-26H,5-9H2,1-4H3/t10?,11-,12-,13-,14-,15?,17+,18+,19-,20-/m0/s1. The molecule has 4 rings (SSSR count). The van der Waals surface area contributed by atoms with E-state index < -0.39 is 51.9 Å². The van der Waals surface area contributed by atoms with Gasteiger partial charge in [-0.15, -0.1) is 0 Å². The third-order valence-corrected chi connectivity index (χ3v) is 9.26. The van der Waals surface area contributed by atoms with Crippen molar-refractivity contribution in [2.24, 2.45) is 28.6 Å². The molecule has 2 unspecified atom stereocenters. The molecule has 0 radical (unpaired) electrons. The predicted molar refractivity (Wildman–Crippen MR) is 94.0 cm³/mol. The first-order valence-electron chi connectivity index (χ1n) is 9.94. The van der Waals surface area contributed by atoms with Crippen LogP contribution in [0.1, 0.15) is 59.8 Å². The van der Waals surface area contributed by atoms with Crippen LogP contribution in [0.3, 0.4) is 0 Å². The average molecular weight is 370 g/mol. The van der Waals surface area contributed by atoms with E-state index in [0.29, 0.717) is 19.3 Å². The third kappa shape index (κ3) is 1.89. The molecule has 6 N–H and O–H groups in total. The maximum absolute atomic E-state index is 11.7. The lowest BCUT2D eigenvalue weighted by atomic mass is 9.57.